The molecule has 4 aromatic rings. The fourth-order valence-electron chi connectivity index (χ4n) is 3.43. The van der Waals surface area contributed by atoms with E-state index < -0.39 is 9.85 Å². The summed E-state index contributed by atoms with van der Waals surface area (Å²) >= 11 is 3.36. The molecule has 188 valence electrons. The third kappa shape index (κ3) is 5.83. The second-order valence-electron chi connectivity index (χ2n) is 7.85. The minimum Gasteiger partial charge on any atom is -0.432 e. The van der Waals surface area contributed by atoms with Gasteiger partial charge in [-0.15, -0.1) is 0 Å². The van der Waals surface area contributed by atoms with Gasteiger partial charge in [0.05, 0.1) is 27.0 Å². The lowest BCUT2D eigenvalue weighted by Gasteiger charge is -2.09. The van der Waals surface area contributed by atoms with Gasteiger partial charge >= 0.3 is 5.69 Å². The monoisotopic (exact) mass is 566 g/mol. The first-order valence-corrected chi connectivity index (χ1v) is 11.9. The number of rotatable bonds is 9. The van der Waals surface area contributed by atoms with Crippen LogP contribution in [0, 0.1) is 20.2 Å². The van der Waals surface area contributed by atoms with Crippen LogP contribution in [-0.2, 0) is 6.42 Å². The molecule has 0 fully saturated rings. The topological polar surface area (TPSA) is 156 Å². The SMILES string of the molecule is CCCCc1nc2ccc(Br)cc2c(=O)n1N=Cc1ccc(Oc2ccc([N+](=O)[O-])cn2)c([N+](=O)[O-])c1. The molecular weight excluding hydrogens is 548 g/mol. The number of benzene rings is 2. The Morgan fingerprint density at radius 1 is 1.11 bits per heavy atom. The normalized spacial score (nSPS) is 11.2. The van der Waals surface area contributed by atoms with E-state index in [1.807, 2.05) is 6.92 Å². The lowest BCUT2D eigenvalue weighted by molar-refractivity contribution is -0.385. The molecule has 0 aliphatic heterocycles. The first-order valence-electron chi connectivity index (χ1n) is 11.1. The molecule has 0 saturated carbocycles. The van der Waals surface area contributed by atoms with E-state index in [1.165, 1.54) is 41.2 Å². The zero-order valence-corrected chi connectivity index (χ0v) is 21.0. The van der Waals surface area contributed by atoms with E-state index >= 15 is 0 Å². The molecule has 0 saturated heterocycles. The van der Waals surface area contributed by atoms with E-state index in [0.717, 1.165) is 23.5 Å². The average molecular weight is 567 g/mol. The molecule has 2 heterocycles. The number of nitro benzene ring substituents is 1. The largest absolute Gasteiger partial charge is 0.432 e. The highest BCUT2D eigenvalue weighted by atomic mass is 79.9. The number of nitrogens with zero attached hydrogens (tertiary/aromatic N) is 6. The summed E-state index contributed by atoms with van der Waals surface area (Å²) in [4.78, 5) is 42.8. The molecule has 0 N–H and O–H groups in total. The Labute approximate surface area is 217 Å². The number of hydrogen-bond donors (Lipinski definition) is 0. The summed E-state index contributed by atoms with van der Waals surface area (Å²) in [5, 5.41) is 27.2. The van der Waals surface area contributed by atoms with Gasteiger partial charge in [-0.05, 0) is 36.8 Å². The summed E-state index contributed by atoms with van der Waals surface area (Å²) < 4.78 is 7.41. The molecule has 13 heteroatoms. The molecule has 0 unspecified atom stereocenters. The van der Waals surface area contributed by atoms with E-state index in [-0.39, 0.29) is 28.6 Å². The highest BCUT2D eigenvalue weighted by Crippen LogP contribution is 2.31. The molecule has 0 spiro atoms. The van der Waals surface area contributed by atoms with E-state index in [0.29, 0.717) is 28.7 Å². The van der Waals surface area contributed by atoms with Crippen molar-refractivity contribution in [3.05, 3.63) is 101 Å². The van der Waals surface area contributed by atoms with Crippen LogP contribution in [0.15, 0.2) is 69.1 Å². The summed E-state index contributed by atoms with van der Waals surface area (Å²) in [6.07, 6.45) is 4.56. The Morgan fingerprint density at radius 2 is 1.92 bits per heavy atom. The van der Waals surface area contributed by atoms with Crippen molar-refractivity contribution in [3.8, 4) is 11.6 Å². The number of ether oxygens (including phenoxy) is 1. The second-order valence-corrected chi connectivity index (χ2v) is 8.77. The van der Waals surface area contributed by atoms with E-state index in [2.05, 4.69) is 31.0 Å². The first kappa shape index (κ1) is 25.6. The molecule has 0 aliphatic rings. The summed E-state index contributed by atoms with van der Waals surface area (Å²) in [5.41, 5.74) is -0.0609. The maximum absolute atomic E-state index is 13.2. The number of aryl methyl sites for hydroxylation is 1. The van der Waals surface area contributed by atoms with Crippen molar-refractivity contribution in [1.82, 2.24) is 14.6 Å². The number of nitro groups is 2. The molecule has 0 atom stereocenters. The average Bonchev–Trinajstić information content (AvgIpc) is 2.88. The first-order chi connectivity index (χ1) is 17.8. The molecule has 0 aliphatic carbocycles. The van der Waals surface area contributed by atoms with Crippen LogP contribution in [0.1, 0.15) is 31.2 Å². The van der Waals surface area contributed by atoms with Crippen molar-refractivity contribution in [2.75, 3.05) is 0 Å². The second kappa shape index (κ2) is 11.0. The number of aromatic nitrogens is 3. The van der Waals surface area contributed by atoms with Crippen LogP contribution in [0.25, 0.3) is 10.9 Å². The maximum atomic E-state index is 13.2. The van der Waals surface area contributed by atoms with Gasteiger partial charge in [-0.25, -0.2) is 9.97 Å². The quantitative estimate of drug-likeness (QED) is 0.148. The fraction of sp³-hybridized carbons (Fsp3) is 0.167. The van der Waals surface area contributed by atoms with Gasteiger partial charge in [0, 0.05) is 34.7 Å². The zero-order chi connectivity index (χ0) is 26.5. The van der Waals surface area contributed by atoms with E-state index in [9.17, 15) is 25.0 Å². The van der Waals surface area contributed by atoms with Crippen LogP contribution >= 0.6 is 15.9 Å². The van der Waals surface area contributed by atoms with Gasteiger partial charge in [-0.1, -0.05) is 29.3 Å². The molecule has 0 amide bonds. The number of fused-ring (bicyclic) bond motifs is 1. The van der Waals surface area contributed by atoms with Crippen LogP contribution in [0.3, 0.4) is 0 Å². The smallest absolute Gasteiger partial charge is 0.312 e. The van der Waals surface area contributed by atoms with Crippen molar-refractivity contribution in [1.29, 1.82) is 0 Å². The Morgan fingerprint density at radius 3 is 2.59 bits per heavy atom. The highest BCUT2D eigenvalue weighted by molar-refractivity contribution is 9.10. The summed E-state index contributed by atoms with van der Waals surface area (Å²) in [5.74, 6) is 0.328. The van der Waals surface area contributed by atoms with Gasteiger partial charge in [0.2, 0.25) is 11.6 Å². The predicted molar refractivity (Wildman–Crippen MR) is 139 cm³/mol. The predicted octanol–water partition coefficient (Wildman–Crippen LogP) is 5.39. The van der Waals surface area contributed by atoms with Crippen LogP contribution in [-0.4, -0.2) is 30.7 Å². The summed E-state index contributed by atoms with van der Waals surface area (Å²) in [7, 11) is 0. The minimum atomic E-state index is -0.633. The van der Waals surface area contributed by atoms with Gasteiger partial charge in [0.15, 0.2) is 0 Å². The Bertz CT molecular complexity index is 1590. The van der Waals surface area contributed by atoms with Gasteiger partial charge in [0.1, 0.15) is 12.0 Å². The van der Waals surface area contributed by atoms with Gasteiger partial charge in [0.25, 0.3) is 11.2 Å². The maximum Gasteiger partial charge on any atom is 0.312 e. The fourth-order valence-corrected chi connectivity index (χ4v) is 3.79. The lowest BCUT2D eigenvalue weighted by atomic mass is 10.2. The standard InChI is InChI=1S/C24H19BrN6O6/c1-2-3-4-22-28-19-8-6-16(25)12-18(19)24(32)29(22)27-13-15-5-9-21(20(11-15)31(35)36)37-23-10-7-17(14-26-23)30(33)34/h5-14H,2-4H2,1H3. The van der Waals surface area contributed by atoms with E-state index in [1.54, 1.807) is 18.2 Å². The number of pyridine rings is 1. The van der Waals surface area contributed by atoms with Crippen LogP contribution < -0.4 is 10.3 Å². The van der Waals surface area contributed by atoms with Crippen LogP contribution in [0.5, 0.6) is 11.6 Å². The van der Waals surface area contributed by atoms with E-state index in [4.69, 9.17) is 4.74 Å². The highest BCUT2D eigenvalue weighted by Gasteiger charge is 2.18. The summed E-state index contributed by atoms with van der Waals surface area (Å²) in [6.45, 7) is 2.03. The number of halogens is 1. The Hall–Kier alpha value is -4.52. The molecule has 37 heavy (non-hydrogen) atoms. The van der Waals surface area contributed by atoms with Crippen molar-refractivity contribution in [2.45, 2.75) is 26.2 Å². The molecule has 0 bridgehead atoms. The molecule has 2 aromatic heterocycles. The van der Waals surface area contributed by atoms with Gasteiger partial charge in [-0.3, -0.25) is 25.0 Å². The molecule has 0 radical (unpaired) electrons. The molecule has 4 rings (SSSR count). The lowest BCUT2D eigenvalue weighted by Crippen LogP contribution is -2.22. The van der Waals surface area contributed by atoms with Crippen LogP contribution in [0.4, 0.5) is 11.4 Å². The van der Waals surface area contributed by atoms with Gasteiger partial charge in [-0.2, -0.15) is 9.78 Å². The minimum absolute atomic E-state index is 0.0457. The zero-order valence-electron chi connectivity index (χ0n) is 19.4. The van der Waals surface area contributed by atoms with Crippen molar-refractivity contribution < 1.29 is 14.6 Å². The van der Waals surface area contributed by atoms with Crippen molar-refractivity contribution in [2.24, 2.45) is 5.10 Å². The van der Waals surface area contributed by atoms with Crippen LogP contribution in [0.2, 0.25) is 0 Å². The van der Waals surface area contributed by atoms with Gasteiger partial charge < -0.3 is 4.74 Å². The Kier molecular flexibility index (Phi) is 7.63. The van der Waals surface area contributed by atoms with Crippen molar-refractivity contribution >= 4 is 44.4 Å². The third-order valence-corrected chi connectivity index (χ3v) is 5.77. The molecular formula is C24H19BrN6O6. The molecule has 12 nitrogen and oxygen atoms in total. The number of hydrogen-bond acceptors (Lipinski definition) is 9. The van der Waals surface area contributed by atoms with Crippen molar-refractivity contribution in [3.63, 3.8) is 0 Å². The number of unbranched alkanes of at least 4 members (excludes halogenated alkanes) is 1. The third-order valence-electron chi connectivity index (χ3n) is 5.28. The summed E-state index contributed by atoms with van der Waals surface area (Å²) in [6, 6.07) is 11.8. The molecule has 2 aromatic carbocycles. The Balaban J connectivity index is 1.69.